The van der Waals surface area contributed by atoms with Crippen molar-refractivity contribution in [3.05, 3.63) is 46.4 Å². The van der Waals surface area contributed by atoms with Crippen LogP contribution in [-0.2, 0) is 6.42 Å². The van der Waals surface area contributed by atoms with Gasteiger partial charge in [0.05, 0.1) is 6.07 Å². The van der Waals surface area contributed by atoms with Gasteiger partial charge in [-0.1, -0.05) is 46.3 Å². The molecule has 2 heteroatoms. The van der Waals surface area contributed by atoms with E-state index in [0.29, 0.717) is 6.42 Å². The molecule has 0 saturated carbocycles. The summed E-state index contributed by atoms with van der Waals surface area (Å²) in [7, 11) is 0. The van der Waals surface area contributed by atoms with Crippen molar-refractivity contribution in [1.82, 2.24) is 0 Å². The van der Waals surface area contributed by atoms with E-state index in [1.165, 1.54) is 16.3 Å². The van der Waals surface area contributed by atoms with Crippen LogP contribution in [0.2, 0.25) is 0 Å². The molecule has 0 atom stereocenters. The summed E-state index contributed by atoms with van der Waals surface area (Å²) in [6.07, 6.45) is 1.39. The number of nitriles is 1. The van der Waals surface area contributed by atoms with Crippen LogP contribution in [0.15, 0.2) is 40.9 Å². The molecular weight excluding hydrogens is 250 g/mol. The van der Waals surface area contributed by atoms with Gasteiger partial charge < -0.3 is 0 Å². The van der Waals surface area contributed by atoms with Crippen LogP contribution in [0, 0.1) is 11.3 Å². The maximum absolute atomic E-state index is 8.61. The molecule has 2 aromatic rings. The molecule has 1 nitrogen and oxygen atoms in total. The van der Waals surface area contributed by atoms with Crippen molar-refractivity contribution in [2.45, 2.75) is 12.8 Å². The number of hydrogen-bond donors (Lipinski definition) is 0. The van der Waals surface area contributed by atoms with Crippen molar-refractivity contribution in [1.29, 1.82) is 5.26 Å². The topological polar surface area (TPSA) is 23.8 Å². The van der Waals surface area contributed by atoms with E-state index in [0.717, 1.165) is 10.9 Å². The predicted octanol–water partition coefficient (Wildman–Crippen LogP) is 4.06. The van der Waals surface area contributed by atoms with Crippen LogP contribution in [0.3, 0.4) is 0 Å². The third-order valence-electron chi connectivity index (χ3n) is 2.45. The van der Waals surface area contributed by atoms with Gasteiger partial charge in [-0.05, 0) is 28.8 Å². The summed E-state index contributed by atoms with van der Waals surface area (Å²) >= 11 is 3.56. The molecule has 0 aliphatic carbocycles. The summed E-state index contributed by atoms with van der Waals surface area (Å²) in [5.74, 6) is 0. The van der Waals surface area contributed by atoms with Gasteiger partial charge in [-0.3, -0.25) is 0 Å². The van der Waals surface area contributed by atoms with Crippen LogP contribution < -0.4 is 0 Å². The summed E-state index contributed by atoms with van der Waals surface area (Å²) < 4.78 is 1.11. The number of aryl methyl sites for hydroxylation is 1. The number of fused-ring (bicyclic) bond motifs is 1. The molecule has 2 aromatic carbocycles. The average Bonchev–Trinajstić information content (AvgIpc) is 2.26. The summed E-state index contributed by atoms with van der Waals surface area (Å²) in [6.45, 7) is 0. The summed E-state index contributed by atoms with van der Waals surface area (Å²) in [6, 6.07) is 14.6. The van der Waals surface area contributed by atoms with Crippen LogP contribution in [0.25, 0.3) is 10.8 Å². The molecule has 0 aromatic heterocycles. The van der Waals surface area contributed by atoms with Crippen LogP contribution in [0.1, 0.15) is 12.0 Å². The molecule has 0 N–H and O–H groups in total. The van der Waals surface area contributed by atoms with Crippen molar-refractivity contribution < 1.29 is 0 Å². The van der Waals surface area contributed by atoms with E-state index in [1.54, 1.807) is 0 Å². The van der Waals surface area contributed by atoms with Crippen LogP contribution in [0.5, 0.6) is 0 Å². The summed E-state index contributed by atoms with van der Waals surface area (Å²) in [5.41, 5.74) is 1.24. The number of nitrogens with zero attached hydrogens (tertiary/aromatic N) is 1. The number of halogens is 1. The second-order valence-electron chi connectivity index (χ2n) is 3.41. The van der Waals surface area contributed by atoms with Crippen LogP contribution in [0.4, 0.5) is 0 Å². The molecule has 0 amide bonds. The minimum absolute atomic E-state index is 0.570. The molecule has 0 aliphatic rings. The molecule has 74 valence electrons. The summed E-state index contributed by atoms with van der Waals surface area (Å²) in [5, 5.41) is 11.1. The molecule has 0 aliphatic heterocycles. The van der Waals surface area contributed by atoms with Gasteiger partial charge in [-0.2, -0.15) is 5.26 Å². The Morgan fingerprint density at radius 1 is 1.13 bits per heavy atom. The Morgan fingerprint density at radius 2 is 1.87 bits per heavy atom. The van der Waals surface area contributed by atoms with Crippen molar-refractivity contribution in [2.24, 2.45) is 0 Å². The molecule has 0 bridgehead atoms. The van der Waals surface area contributed by atoms with Crippen molar-refractivity contribution in [3.63, 3.8) is 0 Å². The molecule has 2 rings (SSSR count). The second-order valence-corrected chi connectivity index (χ2v) is 4.27. The summed E-state index contributed by atoms with van der Waals surface area (Å²) in [4.78, 5) is 0. The maximum Gasteiger partial charge on any atom is 0.0625 e. The zero-order chi connectivity index (χ0) is 10.7. The molecule has 0 saturated heterocycles. The van der Waals surface area contributed by atoms with Gasteiger partial charge >= 0.3 is 0 Å². The minimum atomic E-state index is 0.570. The Hall–Kier alpha value is -1.33. The van der Waals surface area contributed by atoms with Gasteiger partial charge in [-0.15, -0.1) is 0 Å². The Morgan fingerprint density at radius 3 is 2.60 bits per heavy atom. The van der Waals surface area contributed by atoms with E-state index in [-0.39, 0.29) is 0 Å². The maximum atomic E-state index is 8.61. The molecule has 0 unspecified atom stereocenters. The molecule has 0 radical (unpaired) electrons. The Bertz CT molecular complexity index is 520. The third kappa shape index (κ3) is 2.03. The lowest BCUT2D eigenvalue weighted by atomic mass is 10.0. The van der Waals surface area contributed by atoms with Crippen molar-refractivity contribution >= 4 is 26.7 Å². The first-order chi connectivity index (χ1) is 7.33. The van der Waals surface area contributed by atoms with Crippen LogP contribution in [-0.4, -0.2) is 0 Å². The van der Waals surface area contributed by atoms with E-state index < -0.39 is 0 Å². The van der Waals surface area contributed by atoms with Crippen LogP contribution >= 0.6 is 15.9 Å². The smallest absolute Gasteiger partial charge is 0.0625 e. The second kappa shape index (κ2) is 4.46. The molecule has 0 spiro atoms. The molecular formula is C13H10BrN. The monoisotopic (exact) mass is 259 g/mol. The zero-order valence-corrected chi connectivity index (χ0v) is 9.79. The van der Waals surface area contributed by atoms with Crippen molar-refractivity contribution in [3.8, 4) is 6.07 Å². The van der Waals surface area contributed by atoms with Gasteiger partial charge in [0.15, 0.2) is 0 Å². The molecule has 0 heterocycles. The first-order valence-electron chi connectivity index (χ1n) is 4.86. The highest BCUT2D eigenvalue weighted by Gasteiger charge is 2.03. The van der Waals surface area contributed by atoms with Gasteiger partial charge in [0.2, 0.25) is 0 Å². The van der Waals surface area contributed by atoms with Gasteiger partial charge in [0.25, 0.3) is 0 Å². The standard InChI is InChI=1S/C13H10BrN/c14-12-8-2-6-10-4-1-5-11(13(10)12)7-3-9-15/h1-2,4-6,8H,3,7H2. The zero-order valence-electron chi connectivity index (χ0n) is 8.20. The Kier molecular flexibility index (Phi) is 3.03. The fourth-order valence-electron chi connectivity index (χ4n) is 1.77. The fourth-order valence-corrected chi connectivity index (χ4v) is 2.40. The van der Waals surface area contributed by atoms with E-state index in [9.17, 15) is 0 Å². The minimum Gasteiger partial charge on any atom is -0.198 e. The van der Waals surface area contributed by atoms with E-state index >= 15 is 0 Å². The number of hydrogen-bond acceptors (Lipinski definition) is 1. The highest BCUT2D eigenvalue weighted by atomic mass is 79.9. The quantitative estimate of drug-likeness (QED) is 0.798. The number of benzene rings is 2. The highest BCUT2D eigenvalue weighted by molar-refractivity contribution is 9.10. The number of rotatable bonds is 2. The average molecular weight is 260 g/mol. The molecule has 0 fully saturated rings. The first-order valence-corrected chi connectivity index (χ1v) is 5.65. The normalized spacial score (nSPS) is 10.1. The van der Waals surface area contributed by atoms with Gasteiger partial charge in [0.1, 0.15) is 0 Å². The van der Waals surface area contributed by atoms with Crippen molar-refractivity contribution in [2.75, 3.05) is 0 Å². The SMILES string of the molecule is N#CCCc1cccc2cccc(Br)c12. The Balaban J connectivity index is 2.59. The van der Waals surface area contributed by atoms with Gasteiger partial charge in [-0.25, -0.2) is 0 Å². The van der Waals surface area contributed by atoms with Gasteiger partial charge in [0, 0.05) is 10.9 Å². The third-order valence-corrected chi connectivity index (χ3v) is 3.11. The lowest BCUT2D eigenvalue weighted by Gasteiger charge is -2.06. The first kappa shape index (κ1) is 10.2. The predicted molar refractivity (Wildman–Crippen MR) is 65.6 cm³/mol. The Labute approximate surface area is 97.5 Å². The lowest BCUT2D eigenvalue weighted by Crippen LogP contribution is -1.87. The van der Waals surface area contributed by atoms with E-state index in [4.69, 9.17) is 5.26 Å². The largest absolute Gasteiger partial charge is 0.198 e. The fraction of sp³-hybridized carbons (Fsp3) is 0.154. The van der Waals surface area contributed by atoms with E-state index in [1.807, 2.05) is 18.2 Å². The van der Waals surface area contributed by atoms with E-state index in [2.05, 4.69) is 40.2 Å². The highest BCUT2D eigenvalue weighted by Crippen LogP contribution is 2.27. The lowest BCUT2D eigenvalue weighted by molar-refractivity contribution is 1.02. The molecule has 15 heavy (non-hydrogen) atoms.